The van der Waals surface area contributed by atoms with Gasteiger partial charge in [0.25, 0.3) is 0 Å². The molecule has 21 heavy (non-hydrogen) atoms. The van der Waals surface area contributed by atoms with Crippen LogP contribution in [0.15, 0.2) is 6.07 Å². The number of hydrogen-bond donors (Lipinski definition) is 2. The molecule has 1 amide bonds. The molecule has 1 aliphatic heterocycles. The number of nitrogens with one attached hydrogen (secondary N) is 2. The molecule has 0 aliphatic carbocycles. The van der Waals surface area contributed by atoms with Crippen LogP contribution in [0.2, 0.25) is 0 Å². The Kier molecular flexibility index (Phi) is 5.39. The topological polar surface area (TPSA) is 61.0 Å². The molecular formula is C16H28N4O. The summed E-state index contributed by atoms with van der Waals surface area (Å²) in [6.07, 6.45) is 2.72. The normalized spacial score (nSPS) is 18.9. The molecule has 1 atom stereocenters. The second kappa shape index (κ2) is 7.07. The first-order chi connectivity index (χ1) is 9.95. The minimum absolute atomic E-state index is 0.128. The summed E-state index contributed by atoms with van der Waals surface area (Å²) in [5, 5.41) is 10.3. The minimum Gasteiger partial charge on any atom is -0.353 e. The zero-order valence-corrected chi connectivity index (χ0v) is 13.6. The van der Waals surface area contributed by atoms with Crippen LogP contribution in [0.25, 0.3) is 0 Å². The minimum atomic E-state index is 0.128. The number of nitrogens with zero attached hydrogens (tertiary/aromatic N) is 2. The highest BCUT2D eigenvalue weighted by molar-refractivity contribution is 5.79. The number of aryl methyl sites for hydroxylation is 1. The van der Waals surface area contributed by atoms with Gasteiger partial charge in [0.2, 0.25) is 5.91 Å². The molecule has 0 aromatic carbocycles. The second-order valence-corrected chi connectivity index (χ2v) is 6.56. The molecule has 0 bridgehead atoms. The highest BCUT2D eigenvalue weighted by Gasteiger charge is 2.26. The van der Waals surface area contributed by atoms with E-state index in [-0.39, 0.29) is 17.9 Å². The number of carbonyl (C=O) groups excluding carboxylic acids is 1. The number of hydrogen-bond acceptors (Lipinski definition) is 3. The third-order valence-corrected chi connectivity index (χ3v) is 4.29. The largest absolute Gasteiger partial charge is 0.353 e. The third-order valence-electron chi connectivity index (χ3n) is 4.29. The Morgan fingerprint density at radius 1 is 1.43 bits per heavy atom. The van der Waals surface area contributed by atoms with Crippen molar-refractivity contribution in [2.24, 2.45) is 5.92 Å². The number of H-pyrrole nitrogens is 1. The van der Waals surface area contributed by atoms with Crippen molar-refractivity contribution in [2.45, 2.75) is 59.0 Å². The molecule has 0 saturated carbocycles. The Balaban J connectivity index is 1.76. The van der Waals surface area contributed by atoms with Gasteiger partial charge in [0.15, 0.2) is 0 Å². The fourth-order valence-electron chi connectivity index (χ4n) is 2.98. The standard InChI is InChI=1S/C16H28N4O/c1-11(2)20-7-5-14(6-8-20)16(21)17-12(3)9-15-10-13(4)18-19-15/h10-12,14H,5-9H2,1-4H3,(H,17,21)(H,18,19)/t12-/m0/s1. The Hall–Kier alpha value is -1.36. The van der Waals surface area contributed by atoms with Gasteiger partial charge in [-0.25, -0.2) is 0 Å². The van der Waals surface area contributed by atoms with Crippen molar-refractivity contribution >= 4 is 5.91 Å². The molecule has 5 heteroatoms. The molecule has 2 N–H and O–H groups in total. The van der Waals surface area contributed by atoms with Gasteiger partial charge in [-0.1, -0.05) is 0 Å². The van der Waals surface area contributed by atoms with Crippen molar-refractivity contribution in [3.8, 4) is 0 Å². The first kappa shape index (κ1) is 16.0. The SMILES string of the molecule is Cc1cc(C[C@H](C)NC(=O)C2CCN(C(C)C)CC2)n[nH]1. The summed E-state index contributed by atoms with van der Waals surface area (Å²) in [4.78, 5) is 14.8. The van der Waals surface area contributed by atoms with Gasteiger partial charge in [0.05, 0.1) is 5.69 Å². The number of piperidine rings is 1. The highest BCUT2D eigenvalue weighted by Crippen LogP contribution is 2.19. The Morgan fingerprint density at radius 2 is 2.10 bits per heavy atom. The Morgan fingerprint density at radius 3 is 2.62 bits per heavy atom. The molecule has 1 aromatic rings. The predicted octanol–water partition coefficient (Wildman–Crippen LogP) is 1.89. The molecule has 0 unspecified atom stereocenters. The van der Waals surface area contributed by atoms with Gasteiger partial charge >= 0.3 is 0 Å². The number of aromatic amines is 1. The average Bonchev–Trinajstić information content (AvgIpc) is 2.83. The van der Waals surface area contributed by atoms with Gasteiger partial charge in [-0.2, -0.15) is 5.10 Å². The van der Waals surface area contributed by atoms with E-state index >= 15 is 0 Å². The summed E-state index contributed by atoms with van der Waals surface area (Å²) < 4.78 is 0. The smallest absolute Gasteiger partial charge is 0.223 e. The second-order valence-electron chi connectivity index (χ2n) is 6.56. The maximum atomic E-state index is 12.3. The maximum absolute atomic E-state index is 12.3. The van der Waals surface area contributed by atoms with Crippen molar-refractivity contribution in [1.29, 1.82) is 0 Å². The van der Waals surface area contributed by atoms with Crippen LogP contribution >= 0.6 is 0 Å². The van der Waals surface area contributed by atoms with Crippen molar-refractivity contribution < 1.29 is 4.79 Å². The van der Waals surface area contributed by atoms with Crippen LogP contribution in [0, 0.1) is 12.8 Å². The fourth-order valence-corrected chi connectivity index (χ4v) is 2.98. The maximum Gasteiger partial charge on any atom is 0.223 e. The average molecular weight is 292 g/mol. The van der Waals surface area contributed by atoms with Crippen LogP contribution in [0.3, 0.4) is 0 Å². The fraction of sp³-hybridized carbons (Fsp3) is 0.750. The predicted molar refractivity (Wildman–Crippen MR) is 84.1 cm³/mol. The highest BCUT2D eigenvalue weighted by atomic mass is 16.1. The van der Waals surface area contributed by atoms with Gasteiger partial charge in [0, 0.05) is 30.1 Å². The van der Waals surface area contributed by atoms with Gasteiger partial charge in [-0.15, -0.1) is 0 Å². The van der Waals surface area contributed by atoms with Crippen LogP contribution in [-0.4, -0.2) is 46.2 Å². The molecule has 2 heterocycles. The summed E-state index contributed by atoms with van der Waals surface area (Å²) in [5.41, 5.74) is 2.07. The van der Waals surface area contributed by atoms with Crippen LogP contribution in [-0.2, 0) is 11.2 Å². The zero-order valence-electron chi connectivity index (χ0n) is 13.6. The number of carbonyl (C=O) groups is 1. The van der Waals surface area contributed by atoms with E-state index in [1.165, 1.54) is 0 Å². The molecule has 118 valence electrons. The number of aromatic nitrogens is 2. The summed E-state index contributed by atoms with van der Waals surface area (Å²) in [6.45, 7) is 10.5. The summed E-state index contributed by atoms with van der Waals surface area (Å²) >= 11 is 0. The van der Waals surface area contributed by atoms with E-state index in [0.717, 1.165) is 43.7 Å². The van der Waals surface area contributed by atoms with Gasteiger partial charge in [0.1, 0.15) is 0 Å². The van der Waals surface area contributed by atoms with Crippen molar-refractivity contribution in [2.75, 3.05) is 13.1 Å². The van der Waals surface area contributed by atoms with Crippen molar-refractivity contribution in [3.05, 3.63) is 17.5 Å². The molecule has 1 fully saturated rings. The lowest BCUT2D eigenvalue weighted by Gasteiger charge is -2.34. The Bertz CT molecular complexity index is 461. The van der Waals surface area contributed by atoms with E-state index in [0.29, 0.717) is 6.04 Å². The van der Waals surface area contributed by atoms with E-state index in [1.807, 2.05) is 19.9 Å². The van der Waals surface area contributed by atoms with E-state index < -0.39 is 0 Å². The molecule has 1 aliphatic rings. The van der Waals surface area contributed by atoms with Crippen LogP contribution in [0.4, 0.5) is 0 Å². The van der Waals surface area contributed by atoms with E-state index in [9.17, 15) is 4.79 Å². The van der Waals surface area contributed by atoms with Gasteiger partial charge in [-0.05, 0) is 59.7 Å². The van der Waals surface area contributed by atoms with Crippen molar-refractivity contribution in [3.63, 3.8) is 0 Å². The monoisotopic (exact) mass is 292 g/mol. The Labute approximate surface area is 127 Å². The van der Waals surface area contributed by atoms with E-state index in [4.69, 9.17) is 0 Å². The number of likely N-dealkylation sites (tertiary alicyclic amines) is 1. The lowest BCUT2D eigenvalue weighted by Crippen LogP contribution is -2.45. The van der Waals surface area contributed by atoms with E-state index in [2.05, 4.69) is 34.3 Å². The van der Waals surface area contributed by atoms with Gasteiger partial charge in [-0.3, -0.25) is 9.89 Å². The lowest BCUT2D eigenvalue weighted by atomic mass is 9.94. The molecule has 0 spiro atoms. The number of rotatable bonds is 5. The first-order valence-electron chi connectivity index (χ1n) is 8.01. The molecule has 1 saturated heterocycles. The quantitative estimate of drug-likeness (QED) is 0.871. The summed E-state index contributed by atoms with van der Waals surface area (Å²) in [6, 6.07) is 2.74. The molecule has 5 nitrogen and oxygen atoms in total. The van der Waals surface area contributed by atoms with E-state index in [1.54, 1.807) is 0 Å². The first-order valence-corrected chi connectivity index (χ1v) is 8.01. The van der Waals surface area contributed by atoms with Crippen LogP contribution < -0.4 is 5.32 Å². The molecule has 0 radical (unpaired) electrons. The van der Waals surface area contributed by atoms with Crippen LogP contribution in [0.1, 0.15) is 45.0 Å². The lowest BCUT2D eigenvalue weighted by molar-refractivity contribution is -0.127. The molecule has 2 rings (SSSR count). The van der Waals surface area contributed by atoms with Crippen molar-refractivity contribution in [1.82, 2.24) is 20.4 Å². The molecule has 1 aromatic heterocycles. The van der Waals surface area contributed by atoms with Gasteiger partial charge < -0.3 is 10.2 Å². The zero-order chi connectivity index (χ0) is 15.4. The summed E-state index contributed by atoms with van der Waals surface area (Å²) in [5.74, 6) is 0.376. The number of amides is 1. The molecular weight excluding hydrogens is 264 g/mol. The third kappa shape index (κ3) is 4.56. The summed E-state index contributed by atoms with van der Waals surface area (Å²) in [7, 11) is 0. The van der Waals surface area contributed by atoms with Crippen LogP contribution in [0.5, 0.6) is 0 Å².